The van der Waals surface area contributed by atoms with E-state index >= 15 is 0 Å². The lowest BCUT2D eigenvalue weighted by molar-refractivity contribution is 0.852. The topological polar surface area (TPSA) is 4.93 Å². The Morgan fingerprint density at radius 2 is 0.764 bits per heavy atom. The molecule has 0 aliphatic heterocycles. The zero-order valence-electron chi connectivity index (χ0n) is 30.5. The Hall–Kier alpha value is -6.96. The highest BCUT2D eigenvalue weighted by Gasteiger charge is 2.18. The van der Waals surface area contributed by atoms with E-state index in [9.17, 15) is 0 Å². The van der Waals surface area contributed by atoms with E-state index in [1.54, 1.807) is 0 Å². The van der Waals surface area contributed by atoms with Crippen molar-refractivity contribution < 1.29 is 0 Å². The lowest BCUT2D eigenvalue weighted by Gasteiger charge is -2.18. The number of fused-ring (bicyclic) bond motifs is 3. The Balaban J connectivity index is 1.15. The summed E-state index contributed by atoms with van der Waals surface area (Å²) in [5, 5.41) is 2.49. The van der Waals surface area contributed by atoms with Crippen molar-refractivity contribution >= 4 is 21.8 Å². The number of nitrogens with zero attached hydrogens (tertiary/aromatic N) is 1. The highest BCUT2D eigenvalue weighted by atomic mass is 15.0. The summed E-state index contributed by atoms with van der Waals surface area (Å²) < 4.78 is 2.48. The second-order valence-electron chi connectivity index (χ2n) is 14.5. The molecule has 1 aliphatic rings. The van der Waals surface area contributed by atoms with Crippen molar-refractivity contribution in [1.29, 1.82) is 0 Å². The summed E-state index contributed by atoms with van der Waals surface area (Å²) in [7, 11) is 0. The molecule has 0 radical (unpaired) electrons. The van der Waals surface area contributed by atoms with Crippen LogP contribution in [0.15, 0.2) is 218 Å². The molecular weight excluding hydrogens is 663 g/mol. The minimum Gasteiger partial charge on any atom is -0.309 e. The summed E-state index contributed by atoms with van der Waals surface area (Å²) >= 11 is 0. The molecule has 260 valence electrons. The summed E-state index contributed by atoms with van der Waals surface area (Å²) in [6.07, 6.45) is 9.96. The Morgan fingerprint density at radius 3 is 1.22 bits per heavy atom. The monoisotopic (exact) mass is 701 g/mol. The van der Waals surface area contributed by atoms with Crippen molar-refractivity contribution in [1.82, 2.24) is 4.57 Å². The van der Waals surface area contributed by atoms with Gasteiger partial charge < -0.3 is 4.57 Å². The van der Waals surface area contributed by atoms with Crippen LogP contribution >= 0.6 is 0 Å². The summed E-state index contributed by atoms with van der Waals surface area (Å²) in [6, 6.07) is 71.1. The maximum absolute atomic E-state index is 2.48. The van der Waals surface area contributed by atoms with Crippen molar-refractivity contribution in [2.24, 2.45) is 0 Å². The van der Waals surface area contributed by atoms with Gasteiger partial charge in [0.1, 0.15) is 0 Å². The summed E-state index contributed by atoms with van der Waals surface area (Å²) in [5.41, 5.74) is 17.1. The van der Waals surface area contributed by atoms with E-state index in [0.29, 0.717) is 5.92 Å². The lowest BCUT2D eigenvalue weighted by atomic mass is 9.89. The standard InChI is InChI=1S/C54H39N/c1-5-13-38(14-6-1)42-21-25-44(26-22-42)46-29-31-53-51(36-46)52-37-47(45-27-23-43(24-28-45)39-15-7-2-8-16-39)30-32-54(52)55(53)50-34-48(40-17-9-3-10-18-40)33-49(35-50)41-19-11-4-12-20-41/h1-19,21-37,41H,20H2. The minimum absolute atomic E-state index is 0.330. The second kappa shape index (κ2) is 14.1. The molecule has 1 aliphatic carbocycles. The Morgan fingerprint density at radius 1 is 0.345 bits per heavy atom. The second-order valence-corrected chi connectivity index (χ2v) is 14.5. The quantitative estimate of drug-likeness (QED) is 0.156. The van der Waals surface area contributed by atoms with Crippen LogP contribution in [0.4, 0.5) is 0 Å². The third kappa shape index (κ3) is 6.30. The van der Waals surface area contributed by atoms with Crippen LogP contribution in [-0.2, 0) is 0 Å². The average Bonchev–Trinajstić information content (AvgIpc) is 3.60. The molecule has 0 saturated carbocycles. The van der Waals surface area contributed by atoms with Gasteiger partial charge in [0.25, 0.3) is 0 Å². The molecule has 1 atom stereocenters. The number of hydrogen-bond donors (Lipinski definition) is 0. The third-order valence-corrected chi connectivity index (χ3v) is 11.1. The van der Waals surface area contributed by atoms with E-state index in [2.05, 4.69) is 223 Å². The summed E-state index contributed by atoms with van der Waals surface area (Å²) in [6.45, 7) is 0. The molecule has 1 nitrogen and oxygen atoms in total. The van der Waals surface area contributed by atoms with Crippen molar-refractivity contribution in [2.75, 3.05) is 0 Å². The zero-order valence-corrected chi connectivity index (χ0v) is 30.5. The van der Waals surface area contributed by atoms with Crippen LogP contribution in [0.25, 0.3) is 83.1 Å². The Bertz CT molecular complexity index is 2700. The first-order chi connectivity index (χ1) is 27.2. The summed E-state index contributed by atoms with van der Waals surface area (Å²) in [5.74, 6) is 0.330. The SMILES string of the molecule is C1=CCC(c2cc(-c3ccccc3)cc(-n3c4ccc(-c5ccc(-c6ccccc6)cc5)cc4c4cc(-c5ccc(-c6ccccc6)cc5)ccc43)c2)C=C1. The first kappa shape index (κ1) is 32.7. The van der Waals surface area contributed by atoms with Crippen LogP contribution in [0.2, 0.25) is 0 Å². The molecule has 1 aromatic heterocycles. The molecule has 1 heterocycles. The molecule has 10 rings (SSSR count). The predicted molar refractivity (Wildman–Crippen MR) is 234 cm³/mol. The van der Waals surface area contributed by atoms with E-state index in [-0.39, 0.29) is 0 Å². The van der Waals surface area contributed by atoms with E-state index in [1.807, 2.05) is 0 Å². The molecule has 0 fully saturated rings. The maximum atomic E-state index is 2.48. The molecule has 55 heavy (non-hydrogen) atoms. The molecular formula is C54H39N. The van der Waals surface area contributed by atoms with Crippen LogP contribution in [-0.4, -0.2) is 4.57 Å². The third-order valence-electron chi connectivity index (χ3n) is 11.1. The lowest BCUT2D eigenvalue weighted by Crippen LogP contribution is -2.01. The van der Waals surface area contributed by atoms with Crippen molar-refractivity contribution in [2.45, 2.75) is 12.3 Å². The van der Waals surface area contributed by atoms with Crippen LogP contribution in [0, 0.1) is 0 Å². The van der Waals surface area contributed by atoms with Crippen molar-refractivity contribution in [3.63, 3.8) is 0 Å². The normalized spacial score (nSPS) is 13.8. The zero-order chi connectivity index (χ0) is 36.6. The van der Waals surface area contributed by atoms with E-state index < -0.39 is 0 Å². The first-order valence-electron chi connectivity index (χ1n) is 19.2. The Labute approximate surface area is 322 Å². The van der Waals surface area contributed by atoms with Crippen LogP contribution in [0.3, 0.4) is 0 Å². The van der Waals surface area contributed by atoms with Crippen LogP contribution in [0.1, 0.15) is 17.9 Å². The molecule has 1 heteroatoms. The predicted octanol–water partition coefficient (Wildman–Crippen LogP) is 14.7. The molecule has 0 amide bonds. The van der Waals surface area contributed by atoms with E-state index in [4.69, 9.17) is 0 Å². The number of hydrogen-bond acceptors (Lipinski definition) is 0. The van der Waals surface area contributed by atoms with Crippen LogP contribution in [0.5, 0.6) is 0 Å². The van der Waals surface area contributed by atoms with E-state index in [0.717, 1.165) is 6.42 Å². The van der Waals surface area contributed by atoms with Gasteiger partial charge in [-0.1, -0.05) is 182 Å². The fraction of sp³-hybridized carbons (Fsp3) is 0.0370. The average molecular weight is 702 g/mol. The van der Waals surface area contributed by atoms with Gasteiger partial charge in [0.2, 0.25) is 0 Å². The molecule has 0 bridgehead atoms. The molecule has 0 saturated heterocycles. The number of allylic oxidation sites excluding steroid dienone is 4. The fourth-order valence-electron chi connectivity index (χ4n) is 8.23. The van der Waals surface area contributed by atoms with Gasteiger partial charge in [-0.3, -0.25) is 0 Å². The smallest absolute Gasteiger partial charge is 0.0541 e. The van der Waals surface area contributed by atoms with Gasteiger partial charge in [-0.15, -0.1) is 0 Å². The van der Waals surface area contributed by atoms with Gasteiger partial charge in [0, 0.05) is 22.4 Å². The van der Waals surface area contributed by atoms with Crippen molar-refractivity contribution in [3.8, 4) is 61.3 Å². The van der Waals surface area contributed by atoms with Gasteiger partial charge in [0.05, 0.1) is 11.0 Å². The molecule has 0 N–H and O–H groups in total. The minimum atomic E-state index is 0.330. The van der Waals surface area contributed by atoms with Gasteiger partial charge in [-0.25, -0.2) is 0 Å². The highest BCUT2D eigenvalue weighted by molar-refractivity contribution is 6.11. The highest BCUT2D eigenvalue weighted by Crippen LogP contribution is 2.40. The maximum Gasteiger partial charge on any atom is 0.0541 e. The molecule has 1 unspecified atom stereocenters. The first-order valence-corrected chi connectivity index (χ1v) is 19.2. The summed E-state index contributed by atoms with van der Waals surface area (Å²) in [4.78, 5) is 0. The molecule has 9 aromatic rings. The fourth-order valence-corrected chi connectivity index (χ4v) is 8.23. The number of aromatic nitrogens is 1. The molecule has 0 spiro atoms. The van der Waals surface area contributed by atoms with Crippen molar-refractivity contribution in [3.05, 3.63) is 224 Å². The molecule has 8 aromatic carbocycles. The van der Waals surface area contributed by atoms with Gasteiger partial charge in [0.15, 0.2) is 0 Å². The number of rotatable bonds is 7. The van der Waals surface area contributed by atoms with Gasteiger partial charge in [-0.2, -0.15) is 0 Å². The van der Waals surface area contributed by atoms with E-state index in [1.165, 1.54) is 88.7 Å². The largest absolute Gasteiger partial charge is 0.309 e. The number of benzene rings is 8. The van der Waals surface area contributed by atoms with Gasteiger partial charge in [-0.05, 0) is 104 Å². The Kier molecular flexibility index (Phi) is 8.39. The van der Waals surface area contributed by atoms with Gasteiger partial charge >= 0.3 is 0 Å². The van der Waals surface area contributed by atoms with Crippen LogP contribution < -0.4 is 0 Å².